The van der Waals surface area contributed by atoms with E-state index >= 15 is 0 Å². The zero-order valence-electron chi connectivity index (χ0n) is 14.0. The number of rotatable bonds is 2. The Labute approximate surface area is 146 Å². The van der Waals surface area contributed by atoms with E-state index < -0.39 is 10.0 Å². The Bertz CT molecular complexity index is 1100. The first kappa shape index (κ1) is 16.1. The molecule has 1 aliphatic heterocycles. The number of carbonyl (C=O) groups excluding carboxylic acids is 1. The zero-order chi connectivity index (χ0) is 17.8. The number of hydrogen-bond acceptors (Lipinski definition) is 3. The summed E-state index contributed by atoms with van der Waals surface area (Å²) in [5.41, 5.74) is 4.19. The first-order chi connectivity index (χ1) is 11.9. The summed E-state index contributed by atoms with van der Waals surface area (Å²) in [5, 5.41) is 0.868. The molecule has 0 bridgehead atoms. The van der Waals surface area contributed by atoms with Gasteiger partial charge in [0.1, 0.15) is 0 Å². The highest BCUT2D eigenvalue weighted by atomic mass is 32.2. The van der Waals surface area contributed by atoms with Gasteiger partial charge in [-0.05, 0) is 38.1 Å². The van der Waals surface area contributed by atoms with Crippen molar-refractivity contribution in [3.8, 4) is 0 Å². The average Bonchev–Trinajstić information content (AvgIpc) is 2.93. The predicted octanol–water partition coefficient (Wildman–Crippen LogP) is 3.17. The van der Waals surface area contributed by atoms with Crippen LogP contribution in [0.1, 0.15) is 27.2 Å². The van der Waals surface area contributed by atoms with E-state index in [1.807, 2.05) is 32.0 Å². The fourth-order valence-corrected chi connectivity index (χ4v) is 4.66. The molecule has 6 heteroatoms. The van der Waals surface area contributed by atoms with E-state index in [1.54, 1.807) is 24.3 Å². The molecule has 0 spiro atoms. The van der Waals surface area contributed by atoms with Gasteiger partial charge in [-0.15, -0.1) is 0 Å². The normalized spacial score (nSPS) is 15.5. The van der Waals surface area contributed by atoms with Gasteiger partial charge < -0.3 is 4.98 Å². The van der Waals surface area contributed by atoms with Crippen LogP contribution >= 0.6 is 0 Å². The van der Waals surface area contributed by atoms with Crippen molar-refractivity contribution in [3.05, 3.63) is 64.8 Å². The van der Waals surface area contributed by atoms with Gasteiger partial charge in [0.05, 0.1) is 18.0 Å². The largest absolute Gasteiger partial charge is 0.357 e. The molecule has 0 fully saturated rings. The summed E-state index contributed by atoms with van der Waals surface area (Å²) < 4.78 is 27.0. The number of aromatic nitrogens is 1. The van der Waals surface area contributed by atoms with Crippen LogP contribution in [0.5, 0.6) is 0 Å². The maximum atomic E-state index is 12.9. The number of sulfonamides is 1. The Morgan fingerprint density at radius 3 is 2.36 bits per heavy atom. The second kappa shape index (κ2) is 5.54. The molecule has 0 unspecified atom stereocenters. The van der Waals surface area contributed by atoms with Gasteiger partial charge in [-0.3, -0.25) is 4.79 Å². The number of aromatic amines is 1. The van der Waals surface area contributed by atoms with E-state index in [1.165, 1.54) is 4.31 Å². The van der Waals surface area contributed by atoms with E-state index in [-0.39, 0.29) is 23.8 Å². The second-order valence-electron chi connectivity index (χ2n) is 6.54. The topological polar surface area (TPSA) is 70.2 Å². The minimum Gasteiger partial charge on any atom is -0.357 e. The smallest absolute Gasteiger partial charge is 0.243 e. The van der Waals surface area contributed by atoms with Crippen LogP contribution in [0, 0.1) is 13.8 Å². The highest BCUT2D eigenvalue weighted by molar-refractivity contribution is 7.89. The van der Waals surface area contributed by atoms with Crippen molar-refractivity contribution in [1.82, 2.24) is 9.29 Å². The van der Waals surface area contributed by atoms with Crippen molar-refractivity contribution >= 4 is 26.7 Å². The lowest BCUT2D eigenvalue weighted by molar-refractivity contribution is 0.0951. The SMILES string of the molecule is Cc1ccc(S(=O)(=O)N2CC(=O)c3c([nH]c4ccc(C)cc34)C2)cc1. The zero-order valence-corrected chi connectivity index (χ0v) is 14.9. The van der Waals surface area contributed by atoms with Crippen LogP contribution < -0.4 is 0 Å². The molecule has 1 aliphatic rings. The maximum Gasteiger partial charge on any atom is 0.243 e. The van der Waals surface area contributed by atoms with E-state index in [0.29, 0.717) is 11.3 Å². The van der Waals surface area contributed by atoms with Crippen molar-refractivity contribution in [1.29, 1.82) is 0 Å². The summed E-state index contributed by atoms with van der Waals surface area (Å²) in [7, 11) is -3.71. The number of carbonyl (C=O) groups is 1. The first-order valence-electron chi connectivity index (χ1n) is 8.07. The summed E-state index contributed by atoms with van der Waals surface area (Å²) in [6, 6.07) is 12.5. The number of fused-ring (bicyclic) bond motifs is 3. The second-order valence-corrected chi connectivity index (χ2v) is 8.47. The number of ketones is 1. The number of nitrogens with one attached hydrogen (secondary N) is 1. The Balaban J connectivity index is 1.78. The van der Waals surface area contributed by atoms with Gasteiger partial charge in [0.15, 0.2) is 5.78 Å². The Morgan fingerprint density at radius 1 is 0.960 bits per heavy atom. The fraction of sp³-hybridized carbons (Fsp3) is 0.211. The third-order valence-corrected chi connectivity index (χ3v) is 6.43. The molecule has 3 aromatic rings. The first-order valence-corrected chi connectivity index (χ1v) is 9.51. The van der Waals surface area contributed by atoms with Crippen LogP contribution in [0.2, 0.25) is 0 Å². The number of hydrogen-bond donors (Lipinski definition) is 1. The lowest BCUT2D eigenvalue weighted by Gasteiger charge is -2.25. The molecule has 0 saturated heterocycles. The molecule has 5 nitrogen and oxygen atoms in total. The number of aryl methyl sites for hydroxylation is 2. The van der Waals surface area contributed by atoms with Gasteiger partial charge in [-0.1, -0.05) is 29.3 Å². The van der Waals surface area contributed by atoms with Gasteiger partial charge >= 0.3 is 0 Å². The van der Waals surface area contributed by atoms with Crippen molar-refractivity contribution < 1.29 is 13.2 Å². The number of H-pyrrole nitrogens is 1. The molecule has 128 valence electrons. The third-order valence-electron chi connectivity index (χ3n) is 4.62. The minimum atomic E-state index is -3.71. The van der Waals surface area contributed by atoms with Crippen LogP contribution in [-0.2, 0) is 16.6 Å². The van der Waals surface area contributed by atoms with Crippen molar-refractivity contribution in [2.75, 3.05) is 6.54 Å². The molecule has 2 aromatic carbocycles. The molecule has 25 heavy (non-hydrogen) atoms. The highest BCUT2D eigenvalue weighted by Gasteiger charge is 2.34. The molecule has 0 amide bonds. The predicted molar refractivity (Wildman–Crippen MR) is 96.1 cm³/mol. The Hall–Kier alpha value is -2.44. The van der Waals surface area contributed by atoms with E-state index in [9.17, 15) is 13.2 Å². The van der Waals surface area contributed by atoms with Crippen LogP contribution in [0.25, 0.3) is 10.9 Å². The number of benzene rings is 2. The number of Topliss-reactive ketones (excluding diaryl/α,β-unsaturated/α-hetero) is 1. The van der Waals surface area contributed by atoms with Crippen LogP contribution in [0.15, 0.2) is 47.4 Å². The summed E-state index contributed by atoms with van der Waals surface area (Å²) in [5.74, 6) is -0.172. The van der Waals surface area contributed by atoms with E-state index in [0.717, 1.165) is 22.0 Å². The third kappa shape index (κ3) is 2.58. The average molecular weight is 354 g/mol. The van der Waals surface area contributed by atoms with Gasteiger partial charge in [0.25, 0.3) is 0 Å². The van der Waals surface area contributed by atoms with E-state index in [2.05, 4.69) is 4.98 Å². The molecular weight excluding hydrogens is 336 g/mol. The molecule has 4 rings (SSSR count). The molecule has 0 radical (unpaired) electrons. The number of nitrogens with zero attached hydrogens (tertiary/aromatic N) is 1. The Kier molecular flexibility index (Phi) is 3.56. The van der Waals surface area contributed by atoms with Gasteiger partial charge in [-0.25, -0.2) is 8.42 Å². The molecular formula is C19H18N2O3S. The van der Waals surface area contributed by atoms with Crippen molar-refractivity contribution in [2.45, 2.75) is 25.3 Å². The van der Waals surface area contributed by atoms with Gasteiger partial charge in [-0.2, -0.15) is 4.31 Å². The van der Waals surface area contributed by atoms with Crippen LogP contribution in [-0.4, -0.2) is 30.0 Å². The summed E-state index contributed by atoms with van der Waals surface area (Å²) in [6.07, 6.45) is 0. The van der Waals surface area contributed by atoms with E-state index in [4.69, 9.17) is 0 Å². The lowest BCUT2D eigenvalue weighted by atomic mass is 10.0. The fourth-order valence-electron chi connectivity index (χ4n) is 3.30. The lowest BCUT2D eigenvalue weighted by Crippen LogP contribution is -2.39. The van der Waals surface area contributed by atoms with Crippen molar-refractivity contribution in [3.63, 3.8) is 0 Å². The van der Waals surface area contributed by atoms with Crippen molar-refractivity contribution in [2.24, 2.45) is 0 Å². The van der Waals surface area contributed by atoms with Gasteiger partial charge in [0, 0.05) is 22.2 Å². The molecule has 1 aromatic heterocycles. The Morgan fingerprint density at radius 2 is 1.64 bits per heavy atom. The van der Waals surface area contributed by atoms with Crippen LogP contribution in [0.3, 0.4) is 0 Å². The molecule has 0 saturated carbocycles. The molecule has 1 N–H and O–H groups in total. The van der Waals surface area contributed by atoms with Crippen LogP contribution in [0.4, 0.5) is 0 Å². The molecule has 0 atom stereocenters. The summed E-state index contributed by atoms with van der Waals surface area (Å²) in [6.45, 7) is 3.91. The van der Waals surface area contributed by atoms with Gasteiger partial charge in [0.2, 0.25) is 10.0 Å². The summed E-state index contributed by atoms with van der Waals surface area (Å²) in [4.78, 5) is 16.1. The highest BCUT2D eigenvalue weighted by Crippen LogP contribution is 2.30. The maximum absolute atomic E-state index is 12.9. The molecule has 0 aliphatic carbocycles. The standard InChI is InChI=1S/C19H18N2O3S/c1-12-3-6-14(7-4-12)25(23,24)21-10-17-19(18(22)11-21)15-9-13(2)5-8-16(15)20-17/h3-9,20H,10-11H2,1-2H3. The quantitative estimate of drug-likeness (QED) is 0.768. The monoisotopic (exact) mass is 354 g/mol. The molecule has 2 heterocycles. The summed E-state index contributed by atoms with van der Waals surface area (Å²) >= 11 is 0. The minimum absolute atomic E-state index is 0.135.